The normalized spacial score (nSPS) is 11.5. The number of ether oxygens (including phenoxy) is 4. The molecule has 0 saturated heterocycles. The minimum Gasteiger partial charge on any atom is -0.463 e. The van der Waals surface area contributed by atoms with Gasteiger partial charge in [0.05, 0.1) is 26.4 Å². The van der Waals surface area contributed by atoms with Gasteiger partial charge < -0.3 is 18.9 Å². The van der Waals surface area contributed by atoms with Crippen LogP contribution in [0.5, 0.6) is 0 Å². The molecule has 8 heteroatoms. The Hall–Kier alpha value is -4.72. The summed E-state index contributed by atoms with van der Waals surface area (Å²) in [7, 11) is 0. The van der Waals surface area contributed by atoms with Gasteiger partial charge in [-0.2, -0.15) is 0 Å². The van der Waals surface area contributed by atoms with E-state index >= 15 is 0 Å². The fourth-order valence-electron chi connectivity index (χ4n) is 4.53. The summed E-state index contributed by atoms with van der Waals surface area (Å²) in [6, 6.07) is 14.9. The van der Waals surface area contributed by atoms with Crippen LogP contribution in [-0.2, 0) is 38.1 Å². The Balaban J connectivity index is 1.41. The van der Waals surface area contributed by atoms with E-state index in [4.69, 9.17) is 18.9 Å². The number of hydrogen-bond acceptors (Lipinski definition) is 8. The largest absolute Gasteiger partial charge is 0.463 e. The predicted octanol–water partition coefficient (Wildman–Crippen LogP) is 8.55. The monoisotopic (exact) mass is 658 g/mol. The zero-order chi connectivity index (χ0) is 34.7. The molecule has 48 heavy (non-hydrogen) atoms. The van der Waals surface area contributed by atoms with Crippen LogP contribution in [0.15, 0.2) is 72.8 Å². The van der Waals surface area contributed by atoms with Gasteiger partial charge in [0.15, 0.2) is 0 Å². The molecule has 258 valence electrons. The van der Waals surface area contributed by atoms with Gasteiger partial charge in [0, 0.05) is 24.3 Å². The smallest absolute Gasteiger partial charge is 0.330 e. The molecular formula is C40H50O8. The van der Waals surface area contributed by atoms with Crippen molar-refractivity contribution in [3.8, 4) is 0 Å². The van der Waals surface area contributed by atoms with Crippen LogP contribution in [0.3, 0.4) is 0 Å². The summed E-state index contributed by atoms with van der Waals surface area (Å²) in [6.45, 7) is 5.06. The average Bonchev–Trinajstić information content (AvgIpc) is 3.09. The highest BCUT2D eigenvalue weighted by molar-refractivity contribution is 5.89. The molecule has 2 aromatic rings. The second-order valence-corrected chi connectivity index (χ2v) is 11.0. The molecule has 0 bridgehead atoms. The minimum absolute atomic E-state index is 0.344. The van der Waals surface area contributed by atoms with Crippen molar-refractivity contribution in [3.05, 3.63) is 95.1 Å². The molecular weight excluding hydrogens is 608 g/mol. The van der Waals surface area contributed by atoms with Gasteiger partial charge in [-0.1, -0.05) is 99.9 Å². The number of unbranched alkanes of at least 4 members (excludes halogenated alkanes) is 9. The van der Waals surface area contributed by atoms with Crippen LogP contribution in [-0.4, -0.2) is 50.3 Å². The predicted molar refractivity (Wildman–Crippen MR) is 190 cm³/mol. The fraction of sp³-hybridized carbons (Fsp3) is 0.400. The third-order valence-corrected chi connectivity index (χ3v) is 7.12. The van der Waals surface area contributed by atoms with Gasteiger partial charge in [-0.05, 0) is 73.2 Å². The van der Waals surface area contributed by atoms with E-state index in [1.807, 2.05) is 48.5 Å². The fourth-order valence-corrected chi connectivity index (χ4v) is 4.53. The molecule has 0 aromatic heterocycles. The van der Waals surface area contributed by atoms with Crippen LogP contribution in [0.2, 0.25) is 0 Å². The highest BCUT2D eigenvalue weighted by atomic mass is 16.5. The second-order valence-electron chi connectivity index (χ2n) is 11.0. The molecule has 0 radical (unpaired) electrons. The van der Waals surface area contributed by atoms with Crippen LogP contribution in [0, 0.1) is 0 Å². The molecule has 0 aliphatic carbocycles. The lowest BCUT2D eigenvalue weighted by molar-refractivity contribution is -0.138. The summed E-state index contributed by atoms with van der Waals surface area (Å²) in [5, 5.41) is 0. The number of hydrogen-bond donors (Lipinski definition) is 0. The molecule has 2 aromatic carbocycles. The topological polar surface area (TPSA) is 105 Å². The first-order chi connectivity index (χ1) is 23.4. The number of benzene rings is 2. The SMILES string of the molecule is CCOC(=O)/C=C/c1ccc(/C=C/C(=O)OCCCCCCCCCCCCOC(=O)/C=C/c2ccc(/C=C/C(=O)OCC)cc2)cc1. The summed E-state index contributed by atoms with van der Waals surface area (Å²) in [5.41, 5.74) is 3.48. The zero-order valence-electron chi connectivity index (χ0n) is 28.4. The molecule has 0 unspecified atom stereocenters. The summed E-state index contributed by atoms with van der Waals surface area (Å²) >= 11 is 0. The molecule has 0 saturated carbocycles. The van der Waals surface area contributed by atoms with Crippen LogP contribution < -0.4 is 0 Å². The summed E-state index contributed by atoms with van der Waals surface area (Å²) in [6.07, 6.45) is 23.2. The highest BCUT2D eigenvalue weighted by Gasteiger charge is 2.01. The summed E-state index contributed by atoms with van der Waals surface area (Å²) < 4.78 is 20.3. The highest BCUT2D eigenvalue weighted by Crippen LogP contribution is 2.12. The number of carbonyl (C=O) groups excluding carboxylic acids is 4. The number of rotatable bonds is 23. The number of carbonyl (C=O) groups is 4. The van der Waals surface area contributed by atoms with Crippen molar-refractivity contribution >= 4 is 48.2 Å². The maximum absolute atomic E-state index is 12.0. The third kappa shape index (κ3) is 19.7. The molecule has 0 amide bonds. The Kier molecular flexibility index (Phi) is 20.9. The second kappa shape index (κ2) is 25.4. The average molecular weight is 659 g/mol. The van der Waals surface area contributed by atoms with E-state index < -0.39 is 0 Å². The lowest BCUT2D eigenvalue weighted by atomic mass is 10.1. The molecule has 8 nitrogen and oxygen atoms in total. The van der Waals surface area contributed by atoms with Gasteiger partial charge in [-0.15, -0.1) is 0 Å². The third-order valence-electron chi connectivity index (χ3n) is 7.12. The van der Waals surface area contributed by atoms with E-state index in [1.54, 1.807) is 38.2 Å². The standard InChI is InChI=1S/C40H50O8/c1-3-45-37(41)27-23-33-15-19-35(20-16-33)25-29-39(43)47-31-13-11-9-7-5-6-8-10-12-14-32-48-40(44)30-26-36-21-17-34(18-22-36)24-28-38(42)46-4-2/h15-30H,3-14,31-32H2,1-2H3/b27-23+,28-24+,29-25+,30-26+. The molecule has 0 aliphatic rings. The van der Waals surface area contributed by atoms with Gasteiger partial charge in [-0.3, -0.25) is 0 Å². The van der Waals surface area contributed by atoms with Gasteiger partial charge in [0.2, 0.25) is 0 Å². The quantitative estimate of drug-likeness (QED) is 0.0506. The number of esters is 4. The van der Waals surface area contributed by atoms with Crippen LogP contribution in [0.4, 0.5) is 0 Å². The lowest BCUT2D eigenvalue weighted by Crippen LogP contribution is -2.02. The Bertz CT molecular complexity index is 1250. The van der Waals surface area contributed by atoms with Crippen molar-refractivity contribution in [1.82, 2.24) is 0 Å². The van der Waals surface area contributed by atoms with Gasteiger partial charge in [0.25, 0.3) is 0 Å². The van der Waals surface area contributed by atoms with Crippen molar-refractivity contribution in [1.29, 1.82) is 0 Å². The van der Waals surface area contributed by atoms with Gasteiger partial charge in [0.1, 0.15) is 0 Å². The summed E-state index contributed by atoms with van der Waals surface area (Å²) in [5.74, 6) is -1.45. The Labute approximate surface area is 285 Å². The van der Waals surface area contributed by atoms with E-state index in [-0.39, 0.29) is 23.9 Å². The van der Waals surface area contributed by atoms with Crippen molar-refractivity contribution in [2.45, 2.75) is 78.1 Å². The first-order valence-electron chi connectivity index (χ1n) is 17.0. The molecule has 0 spiro atoms. The van der Waals surface area contributed by atoms with Crippen LogP contribution >= 0.6 is 0 Å². The van der Waals surface area contributed by atoms with E-state index in [0.717, 1.165) is 60.8 Å². The van der Waals surface area contributed by atoms with Gasteiger partial charge >= 0.3 is 23.9 Å². The van der Waals surface area contributed by atoms with Crippen molar-refractivity contribution in [3.63, 3.8) is 0 Å². The maximum Gasteiger partial charge on any atom is 0.330 e. The Morgan fingerprint density at radius 1 is 0.396 bits per heavy atom. The molecule has 0 heterocycles. The maximum atomic E-state index is 12.0. The van der Waals surface area contributed by atoms with E-state index in [0.29, 0.717) is 26.4 Å². The molecule has 0 aliphatic heterocycles. The minimum atomic E-state index is -0.374. The van der Waals surface area contributed by atoms with Crippen LogP contribution in [0.1, 0.15) is 100 Å². The molecule has 0 N–H and O–H groups in total. The molecule has 0 atom stereocenters. The van der Waals surface area contributed by atoms with Crippen molar-refractivity contribution < 1.29 is 38.1 Å². The first-order valence-corrected chi connectivity index (χ1v) is 17.0. The van der Waals surface area contributed by atoms with Crippen molar-refractivity contribution in [2.24, 2.45) is 0 Å². The van der Waals surface area contributed by atoms with E-state index in [9.17, 15) is 19.2 Å². The summed E-state index contributed by atoms with van der Waals surface area (Å²) in [4.78, 5) is 46.7. The van der Waals surface area contributed by atoms with E-state index in [2.05, 4.69) is 0 Å². The van der Waals surface area contributed by atoms with Crippen LogP contribution in [0.25, 0.3) is 24.3 Å². The Morgan fingerprint density at radius 3 is 0.875 bits per heavy atom. The van der Waals surface area contributed by atoms with E-state index in [1.165, 1.54) is 50.0 Å². The molecule has 0 fully saturated rings. The lowest BCUT2D eigenvalue weighted by Gasteiger charge is -2.04. The van der Waals surface area contributed by atoms with Gasteiger partial charge in [-0.25, -0.2) is 19.2 Å². The first kappa shape index (κ1) is 39.5. The van der Waals surface area contributed by atoms with Crippen molar-refractivity contribution in [2.75, 3.05) is 26.4 Å². The Morgan fingerprint density at radius 2 is 0.625 bits per heavy atom. The molecule has 2 rings (SSSR count). The zero-order valence-corrected chi connectivity index (χ0v) is 28.4.